The molecule has 0 saturated carbocycles. The summed E-state index contributed by atoms with van der Waals surface area (Å²) in [6.07, 6.45) is 4.97. The molecule has 1 aromatic heterocycles. The third kappa shape index (κ3) is 3.18. The summed E-state index contributed by atoms with van der Waals surface area (Å²) in [5, 5.41) is 1.83. The fourth-order valence-electron chi connectivity index (χ4n) is 2.73. The summed E-state index contributed by atoms with van der Waals surface area (Å²) >= 11 is 0.853. The Bertz CT molecular complexity index is 943. The number of carbonyl (C=O) groups is 3. The molecule has 0 atom stereocenters. The quantitative estimate of drug-likeness (QED) is 0.838. The first-order valence-corrected chi connectivity index (χ1v) is 8.63. The number of imide groups is 1. The molecule has 8 heteroatoms. The number of ether oxygens (including phenoxy) is 1. The molecule has 0 unspecified atom stereocenters. The molecule has 1 N–H and O–H groups in total. The minimum atomic E-state index is -0.418. The standard InChI is InChI=1S/C18H13N3O4S/c22-16-10-25-14-2-1-12(8-15-17(23)20-18(24)26-15)7-13(14)21(16)9-11-3-5-19-6-4-11/h1-8H,9-10H2,(H,20,23,24)/b15-8-. The van der Waals surface area contributed by atoms with Gasteiger partial charge in [-0.2, -0.15) is 0 Å². The summed E-state index contributed by atoms with van der Waals surface area (Å²) in [6, 6.07) is 9.01. The second-order valence-electron chi connectivity index (χ2n) is 5.70. The molecule has 26 heavy (non-hydrogen) atoms. The van der Waals surface area contributed by atoms with Crippen LogP contribution in [0.2, 0.25) is 0 Å². The molecule has 7 nitrogen and oxygen atoms in total. The van der Waals surface area contributed by atoms with E-state index in [0.29, 0.717) is 28.5 Å². The van der Waals surface area contributed by atoms with E-state index in [1.165, 1.54) is 0 Å². The molecule has 2 aromatic rings. The molecule has 1 aromatic carbocycles. The highest BCUT2D eigenvalue weighted by molar-refractivity contribution is 8.18. The zero-order valence-electron chi connectivity index (χ0n) is 13.5. The van der Waals surface area contributed by atoms with Gasteiger partial charge in [0.2, 0.25) is 0 Å². The molecule has 1 fully saturated rings. The van der Waals surface area contributed by atoms with Crippen LogP contribution in [0.3, 0.4) is 0 Å². The number of nitrogens with one attached hydrogen (secondary N) is 1. The van der Waals surface area contributed by atoms with Gasteiger partial charge in [-0.3, -0.25) is 24.7 Å². The average Bonchev–Trinajstić information content (AvgIpc) is 2.95. The Balaban J connectivity index is 1.68. The maximum Gasteiger partial charge on any atom is 0.290 e. The molecular formula is C18H13N3O4S. The number of anilines is 1. The van der Waals surface area contributed by atoms with Crippen molar-refractivity contribution in [1.29, 1.82) is 0 Å². The third-order valence-electron chi connectivity index (χ3n) is 3.96. The molecule has 2 aliphatic heterocycles. The lowest BCUT2D eigenvalue weighted by Gasteiger charge is -2.29. The Hall–Kier alpha value is -3.13. The van der Waals surface area contributed by atoms with Crippen LogP contribution < -0.4 is 15.0 Å². The Morgan fingerprint density at radius 3 is 2.73 bits per heavy atom. The van der Waals surface area contributed by atoms with E-state index in [0.717, 1.165) is 17.3 Å². The van der Waals surface area contributed by atoms with E-state index in [4.69, 9.17) is 4.74 Å². The van der Waals surface area contributed by atoms with Crippen LogP contribution in [0.25, 0.3) is 6.08 Å². The topological polar surface area (TPSA) is 88.6 Å². The van der Waals surface area contributed by atoms with Crippen LogP contribution in [-0.2, 0) is 16.1 Å². The number of aromatic nitrogens is 1. The van der Waals surface area contributed by atoms with Gasteiger partial charge in [-0.1, -0.05) is 6.07 Å². The Morgan fingerprint density at radius 2 is 2.00 bits per heavy atom. The highest BCUT2D eigenvalue weighted by Gasteiger charge is 2.27. The van der Waals surface area contributed by atoms with E-state index in [1.807, 2.05) is 12.1 Å². The Labute approximate surface area is 153 Å². The molecule has 0 aliphatic carbocycles. The molecule has 3 amide bonds. The third-order valence-corrected chi connectivity index (χ3v) is 4.77. The van der Waals surface area contributed by atoms with Gasteiger partial charge in [-0.05, 0) is 53.2 Å². The molecular weight excluding hydrogens is 354 g/mol. The van der Waals surface area contributed by atoms with Gasteiger partial charge < -0.3 is 9.64 Å². The molecule has 0 radical (unpaired) electrons. The summed E-state index contributed by atoms with van der Waals surface area (Å²) in [4.78, 5) is 41.3. The number of benzene rings is 1. The summed E-state index contributed by atoms with van der Waals surface area (Å²) in [6.45, 7) is 0.372. The average molecular weight is 367 g/mol. The lowest BCUT2D eigenvalue weighted by Crippen LogP contribution is -2.38. The van der Waals surface area contributed by atoms with E-state index in [9.17, 15) is 14.4 Å². The molecule has 4 rings (SSSR count). The van der Waals surface area contributed by atoms with E-state index in [2.05, 4.69) is 10.3 Å². The fraction of sp³-hybridized carbons (Fsp3) is 0.111. The second-order valence-corrected chi connectivity index (χ2v) is 6.72. The first-order chi connectivity index (χ1) is 12.6. The number of hydrogen-bond donors (Lipinski definition) is 1. The summed E-state index contributed by atoms with van der Waals surface area (Å²) in [5.41, 5.74) is 2.28. The maximum absolute atomic E-state index is 12.4. The van der Waals surface area contributed by atoms with Crippen LogP contribution in [0.15, 0.2) is 47.6 Å². The van der Waals surface area contributed by atoms with Crippen molar-refractivity contribution in [3.8, 4) is 5.75 Å². The number of hydrogen-bond acceptors (Lipinski definition) is 6. The molecule has 0 spiro atoms. The predicted octanol–water partition coefficient (Wildman–Crippen LogP) is 2.33. The fourth-order valence-corrected chi connectivity index (χ4v) is 3.41. The van der Waals surface area contributed by atoms with Crippen LogP contribution in [-0.4, -0.2) is 28.6 Å². The number of pyridine rings is 1. The SMILES string of the molecule is O=C1NC(=O)/C(=C/c2ccc3c(c2)N(Cc2ccncc2)C(=O)CO3)S1. The number of rotatable bonds is 3. The van der Waals surface area contributed by atoms with Crippen LogP contribution in [0.4, 0.5) is 10.5 Å². The van der Waals surface area contributed by atoms with Gasteiger partial charge in [0.25, 0.3) is 17.1 Å². The monoisotopic (exact) mass is 367 g/mol. The predicted molar refractivity (Wildman–Crippen MR) is 96.5 cm³/mol. The van der Waals surface area contributed by atoms with Crippen LogP contribution >= 0.6 is 11.8 Å². The highest BCUT2D eigenvalue weighted by atomic mass is 32.2. The van der Waals surface area contributed by atoms with Gasteiger partial charge in [0.05, 0.1) is 17.1 Å². The minimum absolute atomic E-state index is 0.0225. The zero-order chi connectivity index (χ0) is 18.1. The van der Waals surface area contributed by atoms with Gasteiger partial charge in [0.15, 0.2) is 6.61 Å². The number of carbonyl (C=O) groups excluding carboxylic acids is 3. The van der Waals surface area contributed by atoms with E-state index in [1.54, 1.807) is 41.6 Å². The zero-order valence-corrected chi connectivity index (χ0v) is 14.3. The van der Waals surface area contributed by atoms with E-state index < -0.39 is 11.1 Å². The summed E-state index contributed by atoms with van der Waals surface area (Å²) in [5.74, 6) is 0.0291. The van der Waals surface area contributed by atoms with Gasteiger partial charge in [0, 0.05) is 12.4 Å². The second kappa shape index (κ2) is 6.64. The lowest BCUT2D eigenvalue weighted by molar-refractivity contribution is -0.121. The lowest BCUT2D eigenvalue weighted by atomic mass is 10.1. The first-order valence-electron chi connectivity index (χ1n) is 7.81. The van der Waals surface area contributed by atoms with Gasteiger partial charge in [-0.15, -0.1) is 0 Å². The number of amides is 3. The highest BCUT2D eigenvalue weighted by Crippen LogP contribution is 2.35. The van der Waals surface area contributed by atoms with Crippen molar-refractivity contribution in [3.63, 3.8) is 0 Å². The maximum atomic E-state index is 12.4. The van der Waals surface area contributed by atoms with Crippen LogP contribution in [0, 0.1) is 0 Å². The molecule has 130 valence electrons. The Kier molecular flexibility index (Phi) is 4.18. The molecule has 2 aliphatic rings. The summed E-state index contributed by atoms with van der Waals surface area (Å²) < 4.78 is 5.50. The van der Waals surface area contributed by atoms with Crippen molar-refractivity contribution in [2.45, 2.75) is 6.54 Å². The van der Waals surface area contributed by atoms with Crippen molar-refractivity contribution >= 4 is 40.6 Å². The normalized spacial score (nSPS) is 17.9. The van der Waals surface area contributed by atoms with Crippen molar-refractivity contribution in [2.75, 3.05) is 11.5 Å². The Morgan fingerprint density at radius 1 is 1.19 bits per heavy atom. The largest absolute Gasteiger partial charge is 0.482 e. The van der Waals surface area contributed by atoms with Crippen LogP contribution in [0.1, 0.15) is 11.1 Å². The van der Waals surface area contributed by atoms with E-state index >= 15 is 0 Å². The molecule has 1 saturated heterocycles. The summed E-state index contributed by atoms with van der Waals surface area (Å²) in [7, 11) is 0. The van der Waals surface area contributed by atoms with Gasteiger partial charge >= 0.3 is 0 Å². The number of fused-ring (bicyclic) bond motifs is 1. The smallest absolute Gasteiger partial charge is 0.290 e. The van der Waals surface area contributed by atoms with Crippen molar-refractivity contribution in [2.24, 2.45) is 0 Å². The number of nitrogens with zero attached hydrogens (tertiary/aromatic N) is 2. The van der Waals surface area contributed by atoms with Crippen molar-refractivity contribution < 1.29 is 19.1 Å². The van der Waals surface area contributed by atoms with Crippen molar-refractivity contribution in [3.05, 3.63) is 58.8 Å². The molecule has 0 bridgehead atoms. The van der Waals surface area contributed by atoms with Gasteiger partial charge in [0.1, 0.15) is 5.75 Å². The molecule has 3 heterocycles. The van der Waals surface area contributed by atoms with E-state index in [-0.39, 0.29) is 12.5 Å². The minimum Gasteiger partial charge on any atom is -0.482 e. The van der Waals surface area contributed by atoms with Crippen molar-refractivity contribution in [1.82, 2.24) is 10.3 Å². The van der Waals surface area contributed by atoms with Crippen LogP contribution in [0.5, 0.6) is 5.75 Å². The first kappa shape index (κ1) is 16.3. The van der Waals surface area contributed by atoms with Gasteiger partial charge in [-0.25, -0.2) is 0 Å². The number of thioether (sulfide) groups is 1.